The van der Waals surface area contributed by atoms with Crippen LogP contribution in [0.4, 0.5) is 0 Å². The fraction of sp³-hybridized carbons (Fsp3) is 0.222. The number of benzene rings is 2. The Morgan fingerprint density at radius 2 is 1.91 bits per heavy atom. The number of hydrogen-bond donors (Lipinski definition) is 0. The SMILES string of the molecule is C#CCOc1ccc(/C=c2\sc3n(c2=O)[C@H](c2ccc(Cl)cc2)C(C(=O)OC(C)C)=C(C)N=3)cc1. The fourth-order valence-electron chi connectivity index (χ4n) is 3.76. The molecule has 0 aliphatic carbocycles. The number of rotatable bonds is 6. The van der Waals surface area contributed by atoms with E-state index in [0.29, 0.717) is 31.4 Å². The lowest BCUT2D eigenvalue weighted by Gasteiger charge is -2.25. The minimum atomic E-state index is -0.684. The molecule has 178 valence electrons. The number of fused-ring (bicyclic) bond motifs is 1. The van der Waals surface area contributed by atoms with Crippen LogP contribution in [-0.4, -0.2) is 23.2 Å². The third-order valence-corrected chi connectivity index (χ3v) is 6.51. The molecule has 35 heavy (non-hydrogen) atoms. The molecule has 3 aromatic rings. The number of nitrogens with zero attached hydrogens (tertiary/aromatic N) is 2. The number of thiazole rings is 1. The summed E-state index contributed by atoms with van der Waals surface area (Å²) in [5.74, 6) is 2.57. The number of hydrogen-bond acceptors (Lipinski definition) is 6. The van der Waals surface area contributed by atoms with E-state index < -0.39 is 12.0 Å². The summed E-state index contributed by atoms with van der Waals surface area (Å²) in [5.41, 5.74) is 2.15. The van der Waals surface area contributed by atoms with E-state index >= 15 is 0 Å². The molecule has 0 spiro atoms. The van der Waals surface area contributed by atoms with Crippen LogP contribution in [0.5, 0.6) is 5.75 Å². The van der Waals surface area contributed by atoms with Gasteiger partial charge in [-0.3, -0.25) is 9.36 Å². The average Bonchev–Trinajstić information content (AvgIpc) is 3.12. The Balaban J connectivity index is 1.84. The molecule has 0 saturated heterocycles. The van der Waals surface area contributed by atoms with Crippen LogP contribution in [0.2, 0.25) is 5.02 Å². The summed E-state index contributed by atoms with van der Waals surface area (Å²) in [7, 11) is 0. The number of esters is 1. The number of terminal acetylenes is 1. The van der Waals surface area contributed by atoms with Crippen LogP contribution in [0.3, 0.4) is 0 Å². The van der Waals surface area contributed by atoms with Crippen molar-refractivity contribution in [1.29, 1.82) is 0 Å². The van der Waals surface area contributed by atoms with Crippen LogP contribution in [0.15, 0.2) is 69.6 Å². The quantitative estimate of drug-likeness (QED) is 0.376. The summed E-state index contributed by atoms with van der Waals surface area (Å²) in [6.07, 6.45) is 6.71. The van der Waals surface area contributed by atoms with Crippen molar-refractivity contribution >= 4 is 35.0 Å². The van der Waals surface area contributed by atoms with E-state index in [1.165, 1.54) is 11.3 Å². The molecule has 1 aromatic heterocycles. The topological polar surface area (TPSA) is 69.9 Å². The average molecular weight is 507 g/mol. The zero-order chi connectivity index (χ0) is 25.1. The van der Waals surface area contributed by atoms with Gasteiger partial charge in [-0.25, -0.2) is 9.79 Å². The standard InChI is InChI=1S/C27H23ClN2O4S/c1-5-14-33-21-12-6-18(7-13-21)15-22-25(31)30-24(19-8-10-20(28)11-9-19)23(26(32)34-16(2)3)17(4)29-27(30)35-22/h1,6-13,15-16,24H,14H2,2-4H3/b22-15-/t24-/m1/s1. The molecule has 4 rings (SSSR count). The van der Waals surface area contributed by atoms with E-state index in [4.69, 9.17) is 27.5 Å². The van der Waals surface area contributed by atoms with Crippen molar-refractivity contribution in [2.75, 3.05) is 6.61 Å². The molecule has 8 heteroatoms. The van der Waals surface area contributed by atoms with Crippen LogP contribution in [0, 0.1) is 12.3 Å². The monoisotopic (exact) mass is 506 g/mol. The molecule has 0 unspecified atom stereocenters. The highest BCUT2D eigenvalue weighted by atomic mass is 35.5. The highest BCUT2D eigenvalue weighted by Gasteiger charge is 2.33. The van der Waals surface area contributed by atoms with E-state index in [2.05, 4.69) is 10.9 Å². The van der Waals surface area contributed by atoms with E-state index in [0.717, 1.165) is 11.1 Å². The van der Waals surface area contributed by atoms with E-state index in [1.54, 1.807) is 67.8 Å². The molecule has 0 fully saturated rings. The summed E-state index contributed by atoms with van der Waals surface area (Å²) < 4.78 is 13.0. The van der Waals surface area contributed by atoms with Crippen molar-refractivity contribution in [2.24, 2.45) is 4.99 Å². The lowest BCUT2D eigenvalue weighted by Crippen LogP contribution is -2.40. The van der Waals surface area contributed by atoms with E-state index in [9.17, 15) is 9.59 Å². The Labute approximate surface area is 211 Å². The Morgan fingerprint density at radius 1 is 1.23 bits per heavy atom. The second-order valence-electron chi connectivity index (χ2n) is 8.15. The van der Waals surface area contributed by atoms with Gasteiger partial charge in [-0.15, -0.1) is 6.42 Å². The fourth-order valence-corrected chi connectivity index (χ4v) is 4.93. The summed E-state index contributed by atoms with van der Waals surface area (Å²) >= 11 is 7.37. The molecule has 2 heterocycles. The summed E-state index contributed by atoms with van der Waals surface area (Å²) in [6.45, 7) is 5.50. The van der Waals surface area contributed by atoms with Gasteiger partial charge in [-0.05, 0) is 62.2 Å². The van der Waals surface area contributed by atoms with Gasteiger partial charge in [0.25, 0.3) is 5.56 Å². The third kappa shape index (κ3) is 5.24. The number of aromatic nitrogens is 1. The Morgan fingerprint density at radius 3 is 2.54 bits per heavy atom. The number of carbonyl (C=O) groups is 1. The first-order chi connectivity index (χ1) is 16.8. The maximum Gasteiger partial charge on any atom is 0.338 e. The van der Waals surface area contributed by atoms with Gasteiger partial charge in [0.2, 0.25) is 0 Å². The minimum Gasteiger partial charge on any atom is -0.481 e. The maximum atomic E-state index is 13.6. The smallest absolute Gasteiger partial charge is 0.338 e. The normalized spacial score (nSPS) is 15.4. The van der Waals surface area contributed by atoms with Gasteiger partial charge in [0.1, 0.15) is 12.4 Å². The Bertz CT molecular complexity index is 1510. The first-order valence-corrected chi connectivity index (χ1v) is 12.1. The molecule has 0 radical (unpaired) electrons. The number of allylic oxidation sites excluding steroid dienone is 1. The first-order valence-electron chi connectivity index (χ1n) is 10.9. The van der Waals surface area contributed by atoms with Crippen LogP contribution in [-0.2, 0) is 9.53 Å². The van der Waals surface area contributed by atoms with Gasteiger partial charge >= 0.3 is 5.97 Å². The van der Waals surface area contributed by atoms with Gasteiger partial charge in [0, 0.05) is 5.02 Å². The summed E-state index contributed by atoms with van der Waals surface area (Å²) in [4.78, 5) is 31.8. The van der Waals surface area contributed by atoms with Gasteiger partial charge < -0.3 is 9.47 Å². The van der Waals surface area contributed by atoms with Crippen molar-refractivity contribution in [2.45, 2.75) is 32.9 Å². The first kappa shape index (κ1) is 24.5. The molecule has 1 aliphatic heterocycles. The summed E-state index contributed by atoms with van der Waals surface area (Å²) in [5, 5.41) is 0.558. The van der Waals surface area contributed by atoms with Gasteiger partial charge in [0.05, 0.1) is 27.9 Å². The van der Waals surface area contributed by atoms with Gasteiger partial charge in [-0.2, -0.15) is 0 Å². The molecular weight excluding hydrogens is 484 g/mol. The predicted octanol–water partition coefficient (Wildman–Crippen LogP) is 3.85. The molecule has 6 nitrogen and oxygen atoms in total. The molecular formula is C27H23ClN2O4S. The Hall–Kier alpha value is -3.60. The minimum absolute atomic E-state index is 0.184. The molecule has 0 saturated carbocycles. The molecule has 1 aliphatic rings. The van der Waals surface area contributed by atoms with Crippen molar-refractivity contribution < 1.29 is 14.3 Å². The Kier molecular flexibility index (Phi) is 7.25. The second-order valence-corrected chi connectivity index (χ2v) is 9.59. The van der Waals surface area contributed by atoms with Crippen LogP contribution < -0.4 is 19.6 Å². The zero-order valence-corrected chi connectivity index (χ0v) is 21.0. The molecule has 1 atom stereocenters. The number of ether oxygens (including phenoxy) is 2. The molecule has 0 bridgehead atoms. The van der Waals surface area contributed by atoms with Crippen LogP contribution in [0.25, 0.3) is 6.08 Å². The maximum absolute atomic E-state index is 13.6. The summed E-state index contributed by atoms with van der Waals surface area (Å²) in [6, 6.07) is 13.7. The lowest BCUT2D eigenvalue weighted by atomic mass is 9.96. The second kappa shape index (κ2) is 10.3. The van der Waals surface area contributed by atoms with Crippen molar-refractivity contribution in [3.8, 4) is 18.1 Å². The predicted molar refractivity (Wildman–Crippen MR) is 137 cm³/mol. The van der Waals surface area contributed by atoms with Gasteiger partial charge in [0.15, 0.2) is 4.80 Å². The lowest BCUT2D eigenvalue weighted by molar-refractivity contribution is -0.143. The number of halogens is 1. The molecule has 0 amide bonds. The van der Waals surface area contributed by atoms with Crippen LogP contribution in [0.1, 0.15) is 37.9 Å². The largest absolute Gasteiger partial charge is 0.481 e. The molecule has 2 aromatic carbocycles. The van der Waals surface area contributed by atoms with E-state index in [1.807, 2.05) is 12.1 Å². The highest BCUT2D eigenvalue weighted by molar-refractivity contribution is 7.07. The number of carbonyl (C=O) groups excluding carboxylic acids is 1. The van der Waals surface area contributed by atoms with Crippen molar-refractivity contribution in [3.63, 3.8) is 0 Å². The third-order valence-electron chi connectivity index (χ3n) is 5.27. The van der Waals surface area contributed by atoms with E-state index in [-0.39, 0.29) is 18.3 Å². The highest BCUT2D eigenvalue weighted by Crippen LogP contribution is 2.31. The van der Waals surface area contributed by atoms with Crippen molar-refractivity contribution in [3.05, 3.63) is 95.6 Å². The van der Waals surface area contributed by atoms with Gasteiger partial charge in [-0.1, -0.05) is 53.1 Å². The molecule has 0 N–H and O–H groups in total. The zero-order valence-electron chi connectivity index (χ0n) is 19.4. The van der Waals surface area contributed by atoms with Crippen molar-refractivity contribution in [1.82, 2.24) is 4.57 Å². The van der Waals surface area contributed by atoms with Crippen LogP contribution >= 0.6 is 22.9 Å².